The van der Waals surface area contributed by atoms with Crippen LogP contribution in [-0.2, 0) is 14.3 Å². The maximum Gasteiger partial charge on any atom is 0.245 e. The molecule has 27 heavy (non-hydrogen) atoms. The summed E-state index contributed by atoms with van der Waals surface area (Å²) in [5.41, 5.74) is 0.232. The third-order valence-corrected chi connectivity index (χ3v) is 5.98. The Morgan fingerprint density at radius 2 is 2.00 bits per heavy atom. The van der Waals surface area contributed by atoms with Gasteiger partial charge in [-0.1, -0.05) is 19.9 Å². The molecule has 1 aromatic carbocycles. The van der Waals surface area contributed by atoms with Crippen LogP contribution < -0.4 is 0 Å². The molecule has 0 bridgehead atoms. The van der Waals surface area contributed by atoms with Crippen molar-refractivity contribution in [3.05, 3.63) is 35.4 Å². The fourth-order valence-electron chi connectivity index (χ4n) is 3.49. The first-order chi connectivity index (χ1) is 12.9. The van der Waals surface area contributed by atoms with Gasteiger partial charge < -0.3 is 14.5 Å². The molecule has 0 radical (unpaired) electrons. The van der Waals surface area contributed by atoms with Crippen LogP contribution in [0.1, 0.15) is 31.2 Å². The highest BCUT2D eigenvalue weighted by Gasteiger charge is 2.43. The lowest BCUT2D eigenvalue weighted by Gasteiger charge is -2.37. The van der Waals surface area contributed by atoms with Gasteiger partial charge in [-0.05, 0) is 18.4 Å². The molecule has 2 unspecified atom stereocenters. The van der Waals surface area contributed by atoms with Gasteiger partial charge in [-0.15, -0.1) is 11.8 Å². The Labute approximate surface area is 162 Å². The molecule has 2 aliphatic rings. The van der Waals surface area contributed by atoms with Crippen molar-refractivity contribution in [1.29, 1.82) is 0 Å². The Hall–Kier alpha value is -1.67. The zero-order chi connectivity index (χ0) is 19.6. The fraction of sp³-hybridized carbons (Fsp3) is 0.579. The van der Waals surface area contributed by atoms with Crippen LogP contribution in [0.5, 0.6) is 0 Å². The van der Waals surface area contributed by atoms with Gasteiger partial charge in [0, 0.05) is 24.7 Å². The van der Waals surface area contributed by atoms with Gasteiger partial charge in [0.2, 0.25) is 11.8 Å². The number of rotatable bonds is 5. The van der Waals surface area contributed by atoms with Gasteiger partial charge in [-0.2, -0.15) is 0 Å². The molecule has 2 fully saturated rings. The number of morpholine rings is 1. The molecule has 2 atom stereocenters. The summed E-state index contributed by atoms with van der Waals surface area (Å²) in [4.78, 5) is 29.1. The second-order valence-electron chi connectivity index (χ2n) is 7.21. The van der Waals surface area contributed by atoms with Crippen molar-refractivity contribution in [2.45, 2.75) is 31.7 Å². The molecule has 0 spiro atoms. The summed E-state index contributed by atoms with van der Waals surface area (Å²) < 4.78 is 33.0. The smallest absolute Gasteiger partial charge is 0.245 e. The van der Waals surface area contributed by atoms with Crippen LogP contribution in [0.25, 0.3) is 0 Å². The van der Waals surface area contributed by atoms with E-state index in [-0.39, 0.29) is 29.0 Å². The van der Waals surface area contributed by atoms with Gasteiger partial charge in [-0.3, -0.25) is 9.59 Å². The van der Waals surface area contributed by atoms with Crippen molar-refractivity contribution in [1.82, 2.24) is 9.80 Å². The van der Waals surface area contributed by atoms with E-state index in [4.69, 9.17) is 4.74 Å². The summed E-state index contributed by atoms with van der Waals surface area (Å²) in [5, 5.41) is -0.633. The number of ether oxygens (including phenoxy) is 1. The molecule has 2 aliphatic heterocycles. The van der Waals surface area contributed by atoms with E-state index in [1.807, 2.05) is 13.8 Å². The average molecular weight is 398 g/mol. The number of carbonyl (C=O) groups excluding carboxylic acids is 2. The molecule has 148 valence electrons. The third-order valence-electron chi connectivity index (χ3n) is 4.77. The normalized spacial score (nSPS) is 21.8. The lowest BCUT2D eigenvalue weighted by atomic mass is 9.99. The summed E-state index contributed by atoms with van der Waals surface area (Å²) in [6, 6.07) is 2.69. The van der Waals surface area contributed by atoms with E-state index >= 15 is 0 Å². The number of hydrogen-bond donors (Lipinski definition) is 0. The van der Waals surface area contributed by atoms with Crippen LogP contribution >= 0.6 is 11.8 Å². The van der Waals surface area contributed by atoms with Crippen LogP contribution in [0, 0.1) is 17.6 Å². The van der Waals surface area contributed by atoms with Gasteiger partial charge in [0.1, 0.15) is 23.1 Å². The van der Waals surface area contributed by atoms with Gasteiger partial charge >= 0.3 is 0 Å². The standard InChI is InChI=1S/C19H24F2N2O3S/c1-12(2)9-16(18(25)22-5-7-26-8-6-22)23-17(24)11-27-19(23)14-4-3-13(20)10-15(14)21/h3-4,10,12,16,19H,5-9,11H2,1-2H3. The van der Waals surface area contributed by atoms with Crippen molar-refractivity contribution in [2.24, 2.45) is 5.92 Å². The maximum absolute atomic E-state index is 14.4. The topological polar surface area (TPSA) is 49.9 Å². The van der Waals surface area contributed by atoms with Gasteiger partial charge in [0.25, 0.3) is 0 Å². The zero-order valence-corrected chi connectivity index (χ0v) is 16.3. The Morgan fingerprint density at radius 3 is 2.63 bits per heavy atom. The van der Waals surface area contributed by atoms with E-state index in [2.05, 4.69) is 0 Å². The van der Waals surface area contributed by atoms with Crippen LogP contribution in [0.4, 0.5) is 8.78 Å². The number of halogens is 2. The van der Waals surface area contributed by atoms with Crippen LogP contribution in [0.15, 0.2) is 18.2 Å². The van der Waals surface area contributed by atoms with Crippen molar-refractivity contribution in [3.8, 4) is 0 Å². The number of carbonyl (C=O) groups is 2. The highest BCUT2D eigenvalue weighted by molar-refractivity contribution is 8.00. The highest BCUT2D eigenvalue weighted by Crippen LogP contribution is 2.42. The lowest BCUT2D eigenvalue weighted by molar-refractivity contribution is -0.148. The summed E-state index contributed by atoms with van der Waals surface area (Å²) in [6.45, 7) is 5.88. The van der Waals surface area contributed by atoms with E-state index in [9.17, 15) is 18.4 Å². The van der Waals surface area contributed by atoms with Crippen LogP contribution in [-0.4, -0.2) is 59.7 Å². The average Bonchev–Trinajstić information content (AvgIpc) is 3.01. The van der Waals surface area contributed by atoms with Gasteiger partial charge in [0.05, 0.1) is 19.0 Å². The Balaban J connectivity index is 1.92. The minimum absolute atomic E-state index is 0.129. The van der Waals surface area contributed by atoms with Gasteiger partial charge in [-0.25, -0.2) is 8.78 Å². The van der Waals surface area contributed by atoms with Crippen molar-refractivity contribution >= 4 is 23.6 Å². The number of nitrogens with zero attached hydrogens (tertiary/aromatic N) is 2. The first kappa shape index (κ1) is 20.1. The molecule has 2 saturated heterocycles. The predicted octanol–water partition coefficient (Wildman–Crippen LogP) is 2.81. The Morgan fingerprint density at radius 1 is 1.30 bits per heavy atom. The second kappa shape index (κ2) is 8.56. The zero-order valence-electron chi connectivity index (χ0n) is 15.5. The summed E-state index contributed by atoms with van der Waals surface area (Å²) in [5.74, 6) is -1.34. The Bertz CT molecular complexity index is 710. The summed E-state index contributed by atoms with van der Waals surface area (Å²) in [6.07, 6.45) is 0.488. The maximum atomic E-state index is 14.4. The first-order valence-electron chi connectivity index (χ1n) is 9.12. The van der Waals surface area contributed by atoms with Crippen molar-refractivity contribution in [2.75, 3.05) is 32.1 Å². The minimum atomic E-state index is -0.700. The molecule has 0 aliphatic carbocycles. The highest BCUT2D eigenvalue weighted by atomic mass is 32.2. The van der Waals surface area contributed by atoms with Crippen LogP contribution in [0.3, 0.4) is 0 Å². The third kappa shape index (κ3) is 4.43. The molecule has 8 heteroatoms. The molecule has 0 N–H and O–H groups in total. The Kier molecular flexibility index (Phi) is 6.37. The molecule has 3 rings (SSSR count). The molecule has 2 heterocycles. The van der Waals surface area contributed by atoms with E-state index in [1.54, 1.807) is 4.90 Å². The van der Waals surface area contributed by atoms with E-state index in [0.717, 1.165) is 6.07 Å². The predicted molar refractivity (Wildman–Crippen MR) is 99.0 cm³/mol. The summed E-state index contributed by atoms with van der Waals surface area (Å²) in [7, 11) is 0. The van der Waals surface area contributed by atoms with E-state index in [0.29, 0.717) is 32.7 Å². The number of benzene rings is 1. The molecular weight excluding hydrogens is 374 g/mol. The summed E-state index contributed by atoms with van der Waals surface area (Å²) >= 11 is 1.27. The van der Waals surface area contributed by atoms with Gasteiger partial charge in [0.15, 0.2) is 0 Å². The quantitative estimate of drug-likeness (QED) is 0.765. The number of amides is 2. The van der Waals surface area contributed by atoms with Crippen LogP contribution in [0.2, 0.25) is 0 Å². The number of hydrogen-bond acceptors (Lipinski definition) is 4. The number of thioether (sulfide) groups is 1. The second-order valence-corrected chi connectivity index (χ2v) is 8.28. The van der Waals surface area contributed by atoms with E-state index in [1.165, 1.54) is 28.8 Å². The molecule has 2 amide bonds. The minimum Gasteiger partial charge on any atom is -0.378 e. The first-order valence-corrected chi connectivity index (χ1v) is 10.2. The van der Waals surface area contributed by atoms with Crippen molar-refractivity contribution in [3.63, 3.8) is 0 Å². The van der Waals surface area contributed by atoms with Crippen molar-refractivity contribution < 1.29 is 23.1 Å². The largest absolute Gasteiger partial charge is 0.378 e. The molecular formula is C19H24F2N2O3S. The molecule has 0 saturated carbocycles. The SMILES string of the molecule is CC(C)CC(C(=O)N1CCOCC1)N1C(=O)CSC1c1ccc(F)cc1F. The fourth-order valence-corrected chi connectivity index (χ4v) is 4.73. The molecule has 0 aromatic heterocycles. The van der Waals surface area contributed by atoms with E-state index < -0.39 is 23.1 Å². The monoisotopic (exact) mass is 398 g/mol. The molecule has 5 nitrogen and oxygen atoms in total. The molecule has 1 aromatic rings. The lowest BCUT2D eigenvalue weighted by Crippen LogP contribution is -2.53.